The lowest BCUT2D eigenvalue weighted by atomic mass is 10.2. The van der Waals surface area contributed by atoms with Crippen LogP contribution < -0.4 is 25.3 Å². The SMILES string of the molecule is COc1ccc(COCCCN=C(N)Nc2ccc(OC)c(OC)c2)cc1. The molecule has 0 aromatic heterocycles. The van der Waals surface area contributed by atoms with Gasteiger partial charge in [-0.15, -0.1) is 0 Å². The molecule has 0 saturated carbocycles. The first-order valence-electron chi connectivity index (χ1n) is 8.66. The summed E-state index contributed by atoms with van der Waals surface area (Å²) in [6, 6.07) is 13.3. The lowest BCUT2D eigenvalue weighted by Gasteiger charge is -2.11. The number of nitrogens with zero attached hydrogens (tertiary/aromatic N) is 1. The van der Waals surface area contributed by atoms with Crippen molar-refractivity contribution in [2.75, 3.05) is 39.8 Å². The molecular formula is C20H27N3O4. The standard InChI is InChI=1S/C20H27N3O4/c1-24-17-8-5-15(6-9-17)14-27-12-4-11-22-20(21)23-16-7-10-18(25-2)19(13-16)26-3/h5-10,13H,4,11-12,14H2,1-3H3,(H3,21,22,23). The number of benzene rings is 2. The maximum absolute atomic E-state index is 5.92. The van der Waals surface area contributed by atoms with Crippen LogP contribution in [0.3, 0.4) is 0 Å². The van der Waals surface area contributed by atoms with E-state index in [1.807, 2.05) is 30.3 Å². The predicted molar refractivity (Wildman–Crippen MR) is 107 cm³/mol. The second-order valence-corrected chi connectivity index (χ2v) is 5.72. The summed E-state index contributed by atoms with van der Waals surface area (Å²) in [6.07, 6.45) is 0.782. The zero-order valence-electron chi connectivity index (χ0n) is 16.0. The molecule has 146 valence electrons. The summed E-state index contributed by atoms with van der Waals surface area (Å²) in [6.45, 7) is 1.75. The minimum Gasteiger partial charge on any atom is -0.497 e. The molecule has 2 rings (SSSR count). The summed E-state index contributed by atoms with van der Waals surface area (Å²) in [5.41, 5.74) is 7.80. The number of methoxy groups -OCH3 is 3. The van der Waals surface area contributed by atoms with Crippen LogP contribution in [0.1, 0.15) is 12.0 Å². The third kappa shape index (κ3) is 6.71. The van der Waals surface area contributed by atoms with Crippen LogP contribution >= 0.6 is 0 Å². The molecule has 27 heavy (non-hydrogen) atoms. The normalized spacial score (nSPS) is 11.1. The molecule has 0 spiro atoms. The van der Waals surface area contributed by atoms with Gasteiger partial charge in [0.1, 0.15) is 5.75 Å². The maximum atomic E-state index is 5.92. The molecule has 0 unspecified atom stereocenters. The van der Waals surface area contributed by atoms with Crippen molar-refractivity contribution in [3.63, 3.8) is 0 Å². The van der Waals surface area contributed by atoms with Crippen molar-refractivity contribution in [1.82, 2.24) is 0 Å². The number of nitrogens with two attached hydrogens (primary N) is 1. The van der Waals surface area contributed by atoms with E-state index >= 15 is 0 Å². The summed E-state index contributed by atoms with van der Waals surface area (Å²) in [5.74, 6) is 2.47. The number of anilines is 1. The van der Waals surface area contributed by atoms with Crippen LogP contribution in [0, 0.1) is 0 Å². The Kier molecular flexibility index (Phi) is 8.25. The number of aliphatic imine (C=N–C) groups is 1. The second-order valence-electron chi connectivity index (χ2n) is 5.72. The average Bonchev–Trinajstić information content (AvgIpc) is 2.70. The number of nitrogens with one attached hydrogen (secondary N) is 1. The van der Waals surface area contributed by atoms with Crippen LogP contribution in [0.25, 0.3) is 0 Å². The molecule has 0 amide bonds. The zero-order chi connectivity index (χ0) is 19.5. The number of guanidine groups is 1. The van der Waals surface area contributed by atoms with E-state index in [4.69, 9.17) is 24.7 Å². The van der Waals surface area contributed by atoms with Gasteiger partial charge in [0.2, 0.25) is 0 Å². The van der Waals surface area contributed by atoms with E-state index in [9.17, 15) is 0 Å². The molecule has 0 bridgehead atoms. The van der Waals surface area contributed by atoms with Gasteiger partial charge in [-0.2, -0.15) is 0 Å². The monoisotopic (exact) mass is 373 g/mol. The maximum Gasteiger partial charge on any atom is 0.193 e. The van der Waals surface area contributed by atoms with Crippen LogP contribution in [0.15, 0.2) is 47.5 Å². The van der Waals surface area contributed by atoms with Crippen molar-refractivity contribution in [2.45, 2.75) is 13.0 Å². The Labute approximate surface area is 160 Å². The smallest absolute Gasteiger partial charge is 0.193 e. The fourth-order valence-electron chi connectivity index (χ4n) is 2.38. The minimum atomic E-state index is 0.345. The molecule has 3 N–H and O–H groups in total. The van der Waals surface area contributed by atoms with Gasteiger partial charge < -0.3 is 30.0 Å². The molecule has 0 saturated heterocycles. The number of hydrogen-bond acceptors (Lipinski definition) is 5. The van der Waals surface area contributed by atoms with E-state index < -0.39 is 0 Å². The topological polar surface area (TPSA) is 87.3 Å². The lowest BCUT2D eigenvalue weighted by Crippen LogP contribution is -2.23. The van der Waals surface area contributed by atoms with E-state index in [-0.39, 0.29) is 0 Å². The summed E-state index contributed by atoms with van der Waals surface area (Å²) in [5, 5.41) is 3.04. The largest absolute Gasteiger partial charge is 0.497 e. The number of hydrogen-bond donors (Lipinski definition) is 2. The lowest BCUT2D eigenvalue weighted by molar-refractivity contribution is 0.120. The molecule has 0 heterocycles. The Morgan fingerprint density at radius 2 is 1.70 bits per heavy atom. The van der Waals surface area contributed by atoms with Gasteiger partial charge in [-0.25, -0.2) is 0 Å². The van der Waals surface area contributed by atoms with Crippen LogP contribution in [0.5, 0.6) is 17.2 Å². The van der Waals surface area contributed by atoms with E-state index in [2.05, 4.69) is 10.3 Å². The number of rotatable bonds is 10. The molecule has 2 aromatic carbocycles. The predicted octanol–water partition coefficient (Wildman–Crippen LogP) is 3.05. The van der Waals surface area contributed by atoms with Gasteiger partial charge in [0, 0.05) is 24.9 Å². The molecule has 0 atom stereocenters. The van der Waals surface area contributed by atoms with Crippen molar-refractivity contribution in [3.8, 4) is 17.2 Å². The highest BCUT2D eigenvalue weighted by Gasteiger charge is 2.05. The molecule has 0 aliphatic heterocycles. The van der Waals surface area contributed by atoms with Crippen molar-refractivity contribution >= 4 is 11.6 Å². The van der Waals surface area contributed by atoms with Crippen molar-refractivity contribution < 1.29 is 18.9 Å². The quantitative estimate of drug-likeness (QED) is 0.378. The Morgan fingerprint density at radius 1 is 0.963 bits per heavy atom. The first-order chi connectivity index (χ1) is 13.2. The molecule has 7 nitrogen and oxygen atoms in total. The fourth-order valence-corrected chi connectivity index (χ4v) is 2.38. The zero-order valence-corrected chi connectivity index (χ0v) is 16.0. The molecule has 0 aliphatic rings. The summed E-state index contributed by atoms with van der Waals surface area (Å²) >= 11 is 0. The first kappa shape index (κ1) is 20.4. The highest BCUT2D eigenvalue weighted by atomic mass is 16.5. The van der Waals surface area contributed by atoms with Gasteiger partial charge >= 0.3 is 0 Å². The van der Waals surface area contributed by atoms with Gasteiger partial charge in [0.25, 0.3) is 0 Å². The van der Waals surface area contributed by atoms with Gasteiger partial charge in [-0.05, 0) is 36.2 Å². The fraction of sp³-hybridized carbons (Fsp3) is 0.350. The first-order valence-corrected chi connectivity index (χ1v) is 8.66. The molecule has 7 heteroatoms. The van der Waals surface area contributed by atoms with E-state index in [0.29, 0.717) is 37.2 Å². The summed E-state index contributed by atoms with van der Waals surface area (Å²) < 4.78 is 21.2. The van der Waals surface area contributed by atoms with E-state index in [0.717, 1.165) is 23.4 Å². The third-order valence-electron chi connectivity index (χ3n) is 3.81. The van der Waals surface area contributed by atoms with Crippen LogP contribution in [-0.4, -0.2) is 40.4 Å². The van der Waals surface area contributed by atoms with Crippen LogP contribution in [-0.2, 0) is 11.3 Å². The van der Waals surface area contributed by atoms with Crippen molar-refractivity contribution in [3.05, 3.63) is 48.0 Å². The summed E-state index contributed by atoms with van der Waals surface area (Å²) in [7, 11) is 4.83. The van der Waals surface area contributed by atoms with Crippen LogP contribution in [0.4, 0.5) is 5.69 Å². The van der Waals surface area contributed by atoms with E-state index in [1.54, 1.807) is 33.5 Å². The Bertz CT molecular complexity index is 733. The second kappa shape index (κ2) is 10.9. The van der Waals surface area contributed by atoms with Gasteiger partial charge in [-0.3, -0.25) is 4.99 Å². The van der Waals surface area contributed by atoms with Gasteiger partial charge in [0.15, 0.2) is 17.5 Å². The number of ether oxygens (including phenoxy) is 4. The van der Waals surface area contributed by atoms with Crippen molar-refractivity contribution in [1.29, 1.82) is 0 Å². The van der Waals surface area contributed by atoms with E-state index in [1.165, 1.54) is 0 Å². The molecular weight excluding hydrogens is 346 g/mol. The van der Waals surface area contributed by atoms with Gasteiger partial charge in [0.05, 0.1) is 27.9 Å². The summed E-state index contributed by atoms with van der Waals surface area (Å²) in [4.78, 5) is 4.30. The highest BCUT2D eigenvalue weighted by molar-refractivity contribution is 5.92. The Morgan fingerprint density at radius 3 is 2.37 bits per heavy atom. The molecule has 0 fully saturated rings. The Hall–Kier alpha value is -2.93. The van der Waals surface area contributed by atoms with Crippen molar-refractivity contribution in [2.24, 2.45) is 10.7 Å². The highest BCUT2D eigenvalue weighted by Crippen LogP contribution is 2.29. The molecule has 0 aliphatic carbocycles. The third-order valence-corrected chi connectivity index (χ3v) is 3.81. The van der Waals surface area contributed by atoms with Crippen LogP contribution in [0.2, 0.25) is 0 Å². The molecule has 2 aromatic rings. The Balaban J connectivity index is 1.69. The average molecular weight is 373 g/mol. The molecule has 0 radical (unpaired) electrons. The van der Waals surface area contributed by atoms with Gasteiger partial charge in [-0.1, -0.05) is 12.1 Å². The minimum absolute atomic E-state index is 0.345.